The van der Waals surface area contributed by atoms with E-state index in [1.54, 1.807) is 0 Å². The van der Waals surface area contributed by atoms with Gasteiger partial charge in [0.05, 0.1) is 12.6 Å². The highest BCUT2D eigenvalue weighted by Crippen LogP contribution is 2.20. The van der Waals surface area contributed by atoms with Gasteiger partial charge in [0.25, 0.3) is 0 Å². The van der Waals surface area contributed by atoms with Crippen LogP contribution in [0, 0.1) is 0 Å². The Balaban J connectivity index is 1.82. The summed E-state index contributed by atoms with van der Waals surface area (Å²) in [7, 11) is 2.21. The van der Waals surface area contributed by atoms with Crippen molar-refractivity contribution in [3.63, 3.8) is 0 Å². The van der Waals surface area contributed by atoms with Crippen LogP contribution in [0.4, 0.5) is 0 Å². The van der Waals surface area contributed by atoms with E-state index in [9.17, 15) is 0 Å². The van der Waals surface area contributed by atoms with Crippen molar-refractivity contribution in [2.24, 2.45) is 4.99 Å². The predicted octanol–water partition coefficient (Wildman–Crippen LogP) is 2.65. The maximum atomic E-state index is 4.94. The molecule has 6 nitrogen and oxygen atoms in total. The molecule has 1 aliphatic heterocycles. The van der Waals surface area contributed by atoms with E-state index < -0.39 is 0 Å². The Kier molecular flexibility index (Phi) is 11.8. The van der Waals surface area contributed by atoms with E-state index in [2.05, 4.69) is 83.5 Å². The third-order valence-electron chi connectivity index (χ3n) is 5.99. The van der Waals surface area contributed by atoms with Gasteiger partial charge in [-0.05, 0) is 52.0 Å². The first kappa shape index (κ1) is 24.6. The molecular weight excluding hydrogens is 372 g/mol. The zero-order valence-corrected chi connectivity index (χ0v) is 19.7. The summed E-state index contributed by atoms with van der Waals surface area (Å²) in [6.45, 7) is 17.3. The van der Waals surface area contributed by atoms with Gasteiger partial charge in [0.2, 0.25) is 0 Å². The molecule has 0 spiro atoms. The average Bonchev–Trinajstić information content (AvgIpc) is 2.78. The molecule has 0 amide bonds. The van der Waals surface area contributed by atoms with Crippen molar-refractivity contribution in [2.75, 3.05) is 72.5 Å². The largest absolute Gasteiger partial charge is 0.357 e. The lowest BCUT2D eigenvalue weighted by Gasteiger charge is -2.32. The molecule has 1 saturated heterocycles. The fourth-order valence-corrected chi connectivity index (χ4v) is 4.03. The number of nitrogens with zero attached hydrogens (tertiary/aromatic N) is 4. The molecule has 1 aromatic carbocycles. The minimum absolute atomic E-state index is 0.314. The van der Waals surface area contributed by atoms with Gasteiger partial charge in [0.15, 0.2) is 5.96 Å². The Hall–Kier alpha value is -1.63. The van der Waals surface area contributed by atoms with Crippen LogP contribution in [0.25, 0.3) is 0 Å². The molecule has 30 heavy (non-hydrogen) atoms. The summed E-state index contributed by atoms with van der Waals surface area (Å²) >= 11 is 0. The fourth-order valence-electron chi connectivity index (χ4n) is 4.03. The minimum Gasteiger partial charge on any atom is -0.357 e. The Morgan fingerprint density at radius 1 is 1.00 bits per heavy atom. The molecule has 0 aromatic heterocycles. The number of hydrogen-bond donors (Lipinski definition) is 2. The Labute approximate surface area is 184 Å². The second-order valence-electron chi connectivity index (χ2n) is 8.15. The summed E-state index contributed by atoms with van der Waals surface area (Å²) in [5.74, 6) is 0.935. The van der Waals surface area contributed by atoms with Crippen LogP contribution in [-0.4, -0.2) is 93.2 Å². The van der Waals surface area contributed by atoms with Gasteiger partial charge >= 0.3 is 0 Å². The van der Waals surface area contributed by atoms with Crippen LogP contribution in [0.15, 0.2) is 35.3 Å². The highest BCUT2D eigenvalue weighted by atomic mass is 15.2. The Bertz CT molecular complexity index is 579. The molecule has 0 saturated carbocycles. The van der Waals surface area contributed by atoms with E-state index >= 15 is 0 Å². The van der Waals surface area contributed by atoms with E-state index in [4.69, 9.17) is 4.99 Å². The number of guanidine groups is 1. The van der Waals surface area contributed by atoms with Gasteiger partial charge < -0.3 is 20.4 Å². The predicted molar refractivity (Wildman–Crippen MR) is 129 cm³/mol. The lowest BCUT2D eigenvalue weighted by atomic mass is 10.1. The van der Waals surface area contributed by atoms with E-state index in [0.717, 1.165) is 38.7 Å². The molecule has 0 bridgehead atoms. The molecule has 1 heterocycles. The molecule has 1 unspecified atom stereocenters. The number of hydrogen-bond acceptors (Lipinski definition) is 4. The SMILES string of the molecule is CCNC(=NCC(c1ccccc1)N(CC)CC)NCCCCN1CCN(C)CC1. The zero-order chi connectivity index (χ0) is 21.6. The van der Waals surface area contributed by atoms with Gasteiger partial charge in [-0.3, -0.25) is 9.89 Å². The van der Waals surface area contributed by atoms with Crippen molar-refractivity contribution in [1.82, 2.24) is 25.3 Å². The number of rotatable bonds is 12. The summed E-state index contributed by atoms with van der Waals surface area (Å²) in [6, 6.07) is 11.1. The first-order valence-electron chi connectivity index (χ1n) is 11.9. The lowest BCUT2D eigenvalue weighted by Crippen LogP contribution is -2.44. The zero-order valence-electron chi connectivity index (χ0n) is 19.7. The normalized spacial score (nSPS) is 17.3. The van der Waals surface area contributed by atoms with Crippen LogP contribution in [0.5, 0.6) is 0 Å². The van der Waals surface area contributed by atoms with E-state index in [-0.39, 0.29) is 0 Å². The van der Waals surface area contributed by atoms with Crippen molar-refractivity contribution in [3.8, 4) is 0 Å². The molecule has 1 aliphatic rings. The number of aliphatic imine (C=N–C) groups is 1. The summed E-state index contributed by atoms with van der Waals surface area (Å²) in [6.07, 6.45) is 2.41. The number of nitrogens with one attached hydrogen (secondary N) is 2. The van der Waals surface area contributed by atoms with Gasteiger partial charge in [-0.25, -0.2) is 0 Å². The second kappa shape index (κ2) is 14.4. The number of likely N-dealkylation sites (N-methyl/N-ethyl adjacent to an activating group) is 2. The highest BCUT2D eigenvalue weighted by molar-refractivity contribution is 5.79. The summed E-state index contributed by atoms with van der Waals surface area (Å²) < 4.78 is 0. The summed E-state index contributed by atoms with van der Waals surface area (Å²) in [5, 5.41) is 6.95. The van der Waals surface area contributed by atoms with Gasteiger partial charge in [0.1, 0.15) is 0 Å². The standard InChI is InChI=1S/C24H44N6/c1-5-25-24(26-15-11-12-16-29-19-17-28(4)18-20-29)27-21-23(30(6-2)7-3)22-13-9-8-10-14-22/h8-10,13-14,23H,5-7,11-12,15-21H2,1-4H3,(H2,25,26,27). The second-order valence-corrected chi connectivity index (χ2v) is 8.15. The highest BCUT2D eigenvalue weighted by Gasteiger charge is 2.17. The van der Waals surface area contributed by atoms with Crippen molar-refractivity contribution >= 4 is 5.96 Å². The smallest absolute Gasteiger partial charge is 0.191 e. The van der Waals surface area contributed by atoms with Crippen molar-refractivity contribution in [3.05, 3.63) is 35.9 Å². The molecule has 1 atom stereocenters. The van der Waals surface area contributed by atoms with Crippen LogP contribution in [0.3, 0.4) is 0 Å². The maximum Gasteiger partial charge on any atom is 0.191 e. The van der Waals surface area contributed by atoms with Crippen LogP contribution in [0.1, 0.15) is 45.2 Å². The van der Waals surface area contributed by atoms with E-state index in [1.165, 1.54) is 51.1 Å². The molecule has 0 aliphatic carbocycles. The van der Waals surface area contributed by atoms with Gasteiger partial charge in [-0.1, -0.05) is 44.2 Å². The fraction of sp³-hybridized carbons (Fsp3) is 0.708. The lowest BCUT2D eigenvalue weighted by molar-refractivity contribution is 0.152. The van der Waals surface area contributed by atoms with Crippen LogP contribution >= 0.6 is 0 Å². The third-order valence-corrected chi connectivity index (χ3v) is 5.99. The number of benzene rings is 1. The van der Waals surface area contributed by atoms with Gasteiger partial charge in [0, 0.05) is 39.3 Å². The van der Waals surface area contributed by atoms with Crippen LogP contribution < -0.4 is 10.6 Å². The van der Waals surface area contributed by atoms with Gasteiger partial charge in [-0.15, -0.1) is 0 Å². The third kappa shape index (κ3) is 8.62. The van der Waals surface area contributed by atoms with Gasteiger partial charge in [-0.2, -0.15) is 0 Å². The van der Waals surface area contributed by atoms with Crippen molar-refractivity contribution in [1.29, 1.82) is 0 Å². The first-order chi connectivity index (χ1) is 14.7. The molecule has 6 heteroatoms. The molecule has 2 N–H and O–H groups in total. The van der Waals surface area contributed by atoms with Crippen LogP contribution in [0.2, 0.25) is 0 Å². The minimum atomic E-state index is 0.314. The van der Waals surface area contributed by atoms with Crippen molar-refractivity contribution in [2.45, 2.75) is 39.7 Å². The summed E-state index contributed by atoms with van der Waals surface area (Å²) in [4.78, 5) is 12.4. The first-order valence-corrected chi connectivity index (χ1v) is 11.9. The average molecular weight is 417 g/mol. The quantitative estimate of drug-likeness (QED) is 0.312. The number of piperazine rings is 1. The Morgan fingerprint density at radius 2 is 1.70 bits per heavy atom. The molecule has 0 radical (unpaired) electrons. The topological polar surface area (TPSA) is 46.1 Å². The number of unbranched alkanes of at least 4 members (excludes halogenated alkanes) is 1. The van der Waals surface area contributed by atoms with E-state index in [1.807, 2.05) is 0 Å². The molecular formula is C24H44N6. The molecule has 1 aromatic rings. The molecule has 170 valence electrons. The van der Waals surface area contributed by atoms with Crippen LogP contribution in [-0.2, 0) is 0 Å². The monoisotopic (exact) mass is 416 g/mol. The molecule has 1 fully saturated rings. The summed E-state index contributed by atoms with van der Waals surface area (Å²) in [5.41, 5.74) is 1.34. The Morgan fingerprint density at radius 3 is 2.33 bits per heavy atom. The van der Waals surface area contributed by atoms with Crippen molar-refractivity contribution < 1.29 is 0 Å². The maximum absolute atomic E-state index is 4.94. The molecule has 2 rings (SSSR count). The van der Waals surface area contributed by atoms with E-state index in [0.29, 0.717) is 6.04 Å².